The molecule has 1 unspecified atom stereocenters. The van der Waals surface area contributed by atoms with Crippen LogP contribution in [0.5, 0.6) is 0 Å². The van der Waals surface area contributed by atoms with Gasteiger partial charge in [0.05, 0.1) is 25.2 Å². The molecule has 3 rings (SSSR count). The highest BCUT2D eigenvalue weighted by Crippen LogP contribution is 2.30. The number of hydrogen-bond donors (Lipinski definition) is 2. The summed E-state index contributed by atoms with van der Waals surface area (Å²) in [6.07, 6.45) is 16.1. The standard InChI is InChI=1S/C21H25N5O2/c1-4-16-11-23-20(13-22-16)26-19-10-18(17(12-24-19)21(27)28-3)25-14(2)15-8-6-5-7-9-15/h1,10-15H,5-9H2,2-3H3,(H2,23,24,25,26). The van der Waals surface area contributed by atoms with Gasteiger partial charge in [-0.05, 0) is 31.6 Å². The molecule has 1 saturated carbocycles. The Morgan fingerprint density at radius 1 is 1.18 bits per heavy atom. The lowest BCUT2D eigenvalue weighted by Crippen LogP contribution is -2.28. The molecular weight excluding hydrogens is 354 g/mol. The second-order valence-corrected chi connectivity index (χ2v) is 6.99. The zero-order valence-corrected chi connectivity index (χ0v) is 16.2. The molecule has 1 aliphatic rings. The molecule has 7 heteroatoms. The minimum absolute atomic E-state index is 0.244. The second kappa shape index (κ2) is 9.18. The van der Waals surface area contributed by atoms with Gasteiger partial charge in [-0.25, -0.2) is 19.7 Å². The van der Waals surface area contributed by atoms with Gasteiger partial charge in [0.15, 0.2) is 0 Å². The maximum absolute atomic E-state index is 12.2. The molecule has 1 fully saturated rings. The first kappa shape index (κ1) is 19.6. The van der Waals surface area contributed by atoms with E-state index in [0.29, 0.717) is 34.5 Å². The van der Waals surface area contributed by atoms with Crippen molar-refractivity contribution in [1.82, 2.24) is 15.0 Å². The van der Waals surface area contributed by atoms with Crippen molar-refractivity contribution < 1.29 is 9.53 Å². The molecule has 0 bridgehead atoms. The summed E-state index contributed by atoms with van der Waals surface area (Å²) in [5, 5.41) is 6.58. The Hall–Kier alpha value is -3.14. The Kier molecular flexibility index (Phi) is 6.43. The van der Waals surface area contributed by atoms with Gasteiger partial charge in [0.2, 0.25) is 0 Å². The SMILES string of the molecule is C#Cc1cnc(Nc2cc(NC(C)C3CCCCC3)c(C(=O)OC)cn2)cn1. The van der Waals surface area contributed by atoms with Crippen molar-refractivity contribution in [2.45, 2.75) is 45.1 Å². The Bertz CT molecular complexity index is 854. The van der Waals surface area contributed by atoms with E-state index in [1.54, 1.807) is 12.3 Å². The average Bonchev–Trinajstić information content (AvgIpc) is 2.74. The Labute approximate surface area is 165 Å². The molecule has 2 heterocycles. The molecular formula is C21H25N5O2. The van der Waals surface area contributed by atoms with Gasteiger partial charge in [0, 0.05) is 18.3 Å². The lowest BCUT2D eigenvalue weighted by Gasteiger charge is -2.29. The summed E-state index contributed by atoms with van der Waals surface area (Å²) in [5.41, 5.74) is 1.56. The van der Waals surface area contributed by atoms with E-state index in [1.807, 2.05) is 0 Å². The lowest BCUT2D eigenvalue weighted by molar-refractivity contribution is 0.0601. The highest BCUT2D eigenvalue weighted by Gasteiger charge is 2.22. The number of terminal acetylenes is 1. The summed E-state index contributed by atoms with van der Waals surface area (Å²) in [7, 11) is 1.37. The zero-order chi connectivity index (χ0) is 19.9. The number of nitrogens with zero attached hydrogens (tertiary/aromatic N) is 3. The molecule has 0 radical (unpaired) electrons. The number of methoxy groups -OCH3 is 1. The van der Waals surface area contributed by atoms with Crippen LogP contribution in [0.1, 0.15) is 55.1 Å². The highest BCUT2D eigenvalue weighted by atomic mass is 16.5. The maximum Gasteiger partial charge on any atom is 0.341 e. The molecule has 2 aromatic rings. The minimum Gasteiger partial charge on any atom is -0.465 e. The Balaban J connectivity index is 1.81. The van der Waals surface area contributed by atoms with Crippen LogP contribution >= 0.6 is 0 Å². The largest absolute Gasteiger partial charge is 0.465 e. The molecule has 7 nitrogen and oxygen atoms in total. The molecule has 0 amide bonds. The van der Waals surface area contributed by atoms with Crippen LogP contribution in [-0.2, 0) is 4.74 Å². The van der Waals surface area contributed by atoms with Crippen molar-refractivity contribution in [3.63, 3.8) is 0 Å². The first-order valence-corrected chi connectivity index (χ1v) is 9.51. The van der Waals surface area contributed by atoms with Gasteiger partial charge in [0.25, 0.3) is 0 Å². The number of aromatic nitrogens is 3. The average molecular weight is 379 g/mol. The van der Waals surface area contributed by atoms with E-state index in [-0.39, 0.29) is 6.04 Å². The number of carbonyl (C=O) groups is 1. The van der Waals surface area contributed by atoms with E-state index in [9.17, 15) is 4.79 Å². The van der Waals surface area contributed by atoms with Crippen LogP contribution in [0, 0.1) is 18.3 Å². The molecule has 0 spiro atoms. The molecule has 0 aliphatic heterocycles. The third-order valence-electron chi connectivity index (χ3n) is 5.11. The third kappa shape index (κ3) is 4.77. The Morgan fingerprint density at radius 2 is 1.93 bits per heavy atom. The monoisotopic (exact) mass is 379 g/mol. The molecule has 2 N–H and O–H groups in total. The van der Waals surface area contributed by atoms with Gasteiger partial charge < -0.3 is 15.4 Å². The molecule has 1 atom stereocenters. The summed E-state index contributed by atoms with van der Waals surface area (Å²) in [6, 6.07) is 2.04. The Morgan fingerprint density at radius 3 is 2.57 bits per heavy atom. The van der Waals surface area contributed by atoms with E-state index in [4.69, 9.17) is 11.2 Å². The van der Waals surface area contributed by atoms with Crippen molar-refractivity contribution in [2.24, 2.45) is 5.92 Å². The van der Waals surface area contributed by atoms with Crippen molar-refractivity contribution in [3.05, 3.63) is 35.9 Å². The van der Waals surface area contributed by atoms with E-state index >= 15 is 0 Å². The second-order valence-electron chi connectivity index (χ2n) is 6.99. The predicted molar refractivity (Wildman–Crippen MR) is 108 cm³/mol. The fourth-order valence-electron chi connectivity index (χ4n) is 3.51. The predicted octanol–water partition coefficient (Wildman–Crippen LogP) is 3.76. The van der Waals surface area contributed by atoms with Crippen LogP contribution in [0.25, 0.3) is 0 Å². The van der Waals surface area contributed by atoms with Crippen LogP contribution in [-0.4, -0.2) is 34.1 Å². The van der Waals surface area contributed by atoms with Crippen LogP contribution in [0.15, 0.2) is 24.7 Å². The summed E-state index contributed by atoms with van der Waals surface area (Å²) < 4.78 is 4.91. The fourth-order valence-corrected chi connectivity index (χ4v) is 3.51. The highest BCUT2D eigenvalue weighted by molar-refractivity contribution is 5.95. The molecule has 146 valence electrons. The number of hydrogen-bond acceptors (Lipinski definition) is 7. The van der Waals surface area contributed by atoms with Crippen LogP contribution in [0.3, 0.4) is 0 Å². The summed E-state index contributed by atoms with van der Waals surface area (Å²) in [6.45, 7) is 2.16. The van der Waals surface area contributed by atoms with Crippen LogP contribution in [0.2, 0.25) is 0 Å². The quantitative estimate of drug-likeness (QED) is 0.583. The summed E-state index contributed by atoms with van der Waals surface area (Å²) in [5.74, 6) is 3.66. The number of pyridine rings is 1. The van der Waals surface area contributed by atoms with Crippen molar-refractivity contribution in [2.75, 3.05) is 17.7 Å². The first-order chi connectivity index (χ1) is 13.6. The van der Waals surface area contributed by atoms with E-state index in [1.165, 1.54) is 51.6 Å². The van der Waals surface area contributed by atoms with Gasteiger partial charge >= 0.3 is 5.97 Å². The number of carbonyl (C=O) groups excluding carboxylic acids is 1. The topological polar surface area (TPSA) is 89.0 Å². The van der Waals surface area contributed by atoms with Crippen LogP contribution in [0.4, 0.5) is 17.3 Å². The van der Waals surface area contributed by atoms with E-state index < -0.39 is 5.97 Å². The smallest absolute Gasteiger partial charge is 0.341 e. The number of esters is 1. The number of rotatable bonds is 6. The molecule has 28 heavy (non-hydrogen) atoms. The zero-order valence-electron chi connectivity index (χ0n) is 16.2. The fraction of sp³-hybridized carbons (Fsp3) is 0.429. The molecule has 2 aromatic heterocycles. The lowest BCUT2D eigenvalue weighted by atomic mass is 9.84. The molecule has 0 saturated heterocycles. The van der Waals surface area contributed by atoms with E-state index in [2.05, 4.69) is 38.4 Å². The van der Waals surface area contributed by atoms with Crippen LogP contribution < -0.4 is 10.6 Å². The van der Waals surface area contributed by atoms with Gasteiger partial charge in [-0.15, -0.1) is 6.42 Å². The van der Waals surface area contributed by atoms with Gasteiger partial charge in [-0.1, -0.05) is 19.3 Å². The van der Waals surface area contributed by atoms with Crippen molar-refractivity contribution in [1.29, 1.82) is 0 Å². The maximum atomic E-state index is 12.2. The number of anilines is 3. The molecule has 0 aromatic carbocycles. The van der Waals surface area contributed by atoms with Crippen molar-refractivity contribution in [3.8, 4) is 12.3 Å². The summed E-state index contributed by atoms with van der Waals surface area (Å²) in [4.78, 5) is 24.8. The summed E-state index contributed by atoms with van der Waals surface area (Å²) >= 11 is 0. The normalized spacial score (nSPS) is 15.3. The number of ether oxygens (including phenoxy) is 1. The van der Waals surface area contributed by atoms with Gasteiger partial charge in [0.1, 0.15) is 22.9 Å². The van der Waals surface area contributed by atoms with Gasteiger partial charge in [-0.3, -0.25) is 0 Å². The van der Waals surface area contributed by atoms with E-state index in [0.717, 1.165) is 0 Å². The van der Waals surface area contributed by atoms with Crippen molar-refractivity contribution >= 4 is 23.3 Å². The third-order valence-corrected chi connectivity index (χ3v) is 5.11. The molecule has 1 aliphatic carbocycles. The van der Waals surface area contributed by atoms with Gasteiger partial charge in [-0.2, -0.15) is 0 Å². The first-order valence-electron chi connectivity index (χ1n) is 9.51. The minimum atomic E-state index is -0.421. The number of nitrogens with one attached hydrogen (secondary N) is 2.